The Bertz CT molecular complexity index is 1020. The van der Waals surface area contributed by atoms with Gasteiger partial charge >= 0.3 is 7.60 Å². The highest BCUT2D eigenvalue weighted by molar-refractivity contribution is 7.99. The average molecular weight is 439 g/mol. The highest BCUT2D eigenvalue weighted by atomic mass is 32.2. The van der Waals surface area contributed by atoms with Gasteiger partial charge in [-0.3, -0.25) is 4.57 Å². The molecule has 1 aromatic carbocycles. The van der Waals surface area contributed by atoms with E-state index in [1.165, 1.54) is 11.8 Å². The molecule has 0 bridgehead atoms. The highest BCUT2D eigenvalue weighted by Gasteiger charge is 2.15. The number of rotatable bonds is 9. The maximum atomic E-state index is 10.8. The number of fused-ring (bicyclic) bond motifs is 1. The minimum atomic E-state index is -4.19. The van der Waals surface area contributed by atoms with Gasteiger partial charge in [0.1, 0.15) is 22.6 Å². The van der Waals surface area contributed by atoms with Crippen molar-refractivity contribution in [3.8, 4) is 5.75 Å². The summed E-state index contributed by atoms with van der Waals surface area (Å²) in [5, 5.41) is 0.611. The van der Waals surface area contributed by atoms with Crippen molar-refractivity contribution in [3.05, 3.63) is 30.6 Å². The van der Waals surface area contributed by atoms with Gasteiger partial charge in [-0.2, -0.15) is 4.98 Å². The molecule has 0 aliphatic heterocycles. The van der Waals surface area contributed by atoms with Crippen LogP contribution < -0.4 is 10.5 Å². The summed E-state index contributed by atoms with van der Waals surface area (Å²) in [6, 6.07) is 7.64. The summed E-state index contributed by atoms with van der Waals surface area (Å²) in [4.78, 5) is 31.5. The zero-order chi connectivity index (χ0) is 21.0. The molecular formula is C17H22N5O5PS. The van der Waals surface area contributed by atoms with Crippen LogP contribution in [0.25, 0.3) is 11.2 Å². The number of anilines is 1. The number of hydrogen-bond acceptors (Lipinski definition) is 8. The molecule has 10 nitrogen and oxygen atoms in total. The largest absolute Gasteiger partial charge is 0.491 e. The first-order chi connectivity index (χ1) is 13.7. The number of nitrogen functional groups attached to an aromatic ring is 1. The summed E-state index contributed by atoms with van der Waals surface area (Å²) in [5.41, 5.74) is 6.98. The van der Waals surface area contributed by atoms with E-state index < -0.39 is 13.9 Å². The Kier molecular flexibility index (Phi) is 6.76. The highest BCUT2D eigenvalue weighted by Crippen LogP contribution is 2.34. The van der Waals surface area contributed by atoms with Crippen LogP contribution in [-0.2, 0) is 15.8 Å². The summed E-state index contributed by atoms with van der Waals surface area (Å²) >= 11 is 1.41. The van der Waals surface area contributed by atoms with E-state index in [4.69, 9.17) is 25.0 Å². The Balaban J connectivity index is 1.75. The number of aromatic nitrogens is 4. The molecule has 0 atom stereocenters. The lowest BCUT2D eigenvalue weighted by atomic mass is 10.3. The third kappa shape index (κ3) is 6.15. The Hall–Kier alpha value is -2.17. The maximum Gasteiger partial charge on any atom is 0.350 e. The molecule has 2 heterocycles. The van der Waals surface area contributed by atoms with Crippen LogP contribution in [0.5, 0.6) is 5.75 Å². The summed E-state index contributed by atoms with van der Waals surface area (Å²) in [5.74, 6) is 0.897. The zero-order valence-corrected chi connectivity index (χ0v) is 17.6. The molecule has 0 aliphatic carbocycles. The van der Waals surface area contributed by atoms with E-state index in [9.17, 15) is 4.57 Å². The second kappa shape index (κ2) is 9.10. The van der Waals surface area contributed by atoms with Crippen molar-refractivity contribution in [3.63, 3.8) is 0 Å². The van der Waals surface area contributed by atoms with Gasteiger partial charge in [-0.15, -0.1) is 0 Å². The van der Waals surface area contributed by atoms with Crippen molar-refractivity contribution < 1.29 is 23.8 Å². The standard InChI is InChI=1S/C17H22N5O5PS/c1-11(2)27-12-3-5-13(6-4-12)29-16-14-15(20-17(18)21-16)22(9-19-14)7-8-26-10-28(23,24)25/h3-6,9,11H,7-8,10H2,1-2H3,(H2,18,20,21)(H2,23,24,25). The van der Waals surface area contributed by atoms with Crippen LogP contribution in [0.1, 0.15) is 13.8 Å². The second-order valence-corrected chi connectivity index (χ2v) is 9.09. The van der Waals surface area contributed by atoms with E-state index in [0.717, 1.165) is 10.6 Å². The summed E-state index contributed by atoms with van der Waals surface area (Å²) in [6.45, 7) is 4.35. The third-order valence-electron chi connectivity index (χ3n) is 3.60. The van der Waals surface area contributed by atoms with Gasteiger partial charge in [0.2, 0.25) is 5.95 Å². The molecule has 3 aromatic rings. The maximum absolute atomic E-state index is 10.8. The molecule has 12 heteroatoms. The molecule has 0 unspecified atom stereocenters. The SMILES string of the molecule is CC(C)Oc1ccc(Sc2nc(N)nc3c2ncn3CCOCP(=O)(O)O)cc1. The monoisotopic (exact) mass is 439 g/mol. The number of nitrogens with zero attached hydrogens (tertiary/aromatic N) is 4. The van der Waals surface area contributed by atoms with Crippen molar-refractivity contribution in [2.24, 2.45) is 0 Å². The summed E-state index contributed by atoms with van der Waals surface area (Å²) in [6.07, 6.45) is 1.04. The molecule has 156 valence electrons. The van der Waals surface area contributed by atoms with Crippen LogP contribution in [0.3, 0.4) is 0 Å². The van der Waals surface area contributed by atoms with Gasteiger partial charge in [-0.1, -0.05) is 11.8 Å². The first-order valence-corrected chi connectivity index (χ1v) is 11.4. The van der Waals surface area contributed by atoms with E-state index in [2.05, 4.69) is 15.0 Å². The lowest BCUT2D eigenvalue weighted by Gasteiger charge is -2.10. The van der Waals surface area contributed by atoms with Crippen LogP contribution in [0.15, 0.2) is 40.5 Å². The lowest BCUT2D eigenvalue weighted by Crippen LogP contribution is -2.07. The predicted molar refractivity (Wildman–Crippen MR) is 109 cm³/mol. The smallest absolute Gasteiger partial charge is 0.350 e. The van der Waals surface area contributed by atoms with Gasteiger partial charge in [-0.25, -0.2) is 9.97 Å². The van der Waals surface area contributed by atoms with E-state index in [0.29, 0.717) is 22.7 Å². The minimum Gasteiger partial charge on any atom is -0.491 e. The van der Waals surface area contributed by atoms with Crippen LogP contribution in [0.4, 0.5) is 5.95 Å². The first kappa shape index (κ1) is 21.5. The minimum absolute atomic E-state index is 0.0975. The fourth-order valence-corrected chi connectivity index (χ4v) is 3.73. The number of benzene rings is 1. The quantitative estimate of drug-likeness (QED) is 0.258. The normalized spacial score (nSPS) is 12.0. The fraction of sp³-hybridized carbons (Fsp3) is 0.353. The molecule has 0 saturated carbocycles. The zero-order valence-electron chi connectivity index (χ0n) is 15.9. The molecule has 2 aromatic heterocycles. The number of nitrogens with two attached hydrogens (primary N) is 1. The van der Waals surface area contributed by atoms with Crippen molar-refractivity contribution in [1.82, 2.24) is 19.5 Å². The average Bonchev–Trinajstić information content (AvgIpc) is 3.02. The predicted octanol–water partition coefficient (Wildman–Crippen LogP) is 2.50. The van der Waals surface area contributed by atoms with Gasteiger partial charge < -0.3 is 29.6 Å². The molecule has 0 fully saturated rings. The van der Waals surface area contributed by atoms with Crippen LogP contribution in [-0.4, -0.2) is 48.4 Å². The Labute approximate surface area is 171 Å². The van der Waals surface area contributed by atoms with E-state index >= 15 is 0 Å². The molecule has 0 radical (unpaired) electrons. The van der Waals surface area contributed by atoms with Gasteiger partial charge in [0.15, 0.2) is 5.65 Å². The van der Waals surface area contributed by atoms with Gasteiger partial charge in [0, 0.05) is 11.4 Å². The van der Waals surface area contributed by atoms with Gasteiger partial charge in [-0.05, 0) is 38.1 Å². The molecule has 4 N–H and O–H groups in total. The molecular weight excluding hydrogens is 417 g/mol. The van der Waals surface area contributed by atoms with E-state index in [-0.39, 0.29) is 18.7 Å². The Morgan fingerprint density at radius 3 is 2.62 bits per heavy atom. The fourth-order valence-electron chi connectivity index (χ4n) is 2.49. The molecule has 0 spiro atoms. The van der Waals surface area contributed by atoms with Crippen LogP contribution in [0.2, 0.25) is 0 Å². The third-order valence-corrected chi connectivity index (χ3v) is 5.10. The van der Waals surface area contributed by atoms with Crippen molar-refractivity contribution in [2.75, 3.05) is 18.7 Å². The number of ether oxygens (including phenoxy) is 2. The van der Waals surface area contributed by atoms with Gasteiger partial charge in [0.05, 0.1) is 19.0 Å². The number of imidazole rings is 1. The molecule has 0 saturated heterocycles. The molecule has 0 amide bonds. The molecule has 0 aliphatic rings. The van der Waals surface area contributed by atoms with Crippen molar-refractivity contribution in [1.29, 1.82) is 0 Å². The van der Waals surface area contributed by atoms with Crippen molar-refractivity contribution in [2.45, 2.75) is 36.4 Å². The van der Waals surface area contributed by atoms with Gasteiger partial charge in [0.25, 0.3) is 0 Å². The summed E-state index contributed by atoms with van der Waals surface area (Å²) in [7, 11) is -4.19. The lowest BCUT2D eigenvalue weighted by molar-refractivity contribution is 0.149. The molecule has 3 rings (SSSR count). The Morgan fingerprint density at radius 1 is 1.24 bits per heavy atom. The van der Waals surface area contributed by atoms with Crippen LogP contribution in [0, 0.1) is 0 Å². The summed E-state index contributed by atoms with van der Waals surface area (Å²) < 4.78 is 23.2. The van der Waals surface area contributed by atoms with E-state index in [1.807, 2.05) is 38.1 Å². The van der Waals surface area contributed by atoms with E-state index in [1.54, 1.807) is 10.9 Å². The topological polar surface area (TPSA) is 146 Å². The van der Waals surface area contributed by atoms with Crippen molar-refractivity contribution >= 4 is 36.5 Å². The first-order valence-electron chi connectivity index (χ1n) is 8.76. The number of hydrogen-bond donors (Lipinski definition) is 3. The Morgan fingerprint density at radius 2 is 1.97 bits per heavy atom. The molecule has 29 heavy (non-hydrogen) atoms. The van der Waals surface area contributed by atoms with Crippen LogP contribution >= 0.6 is 19.4 Å². The second-order valence-electron chi connectivity index (χ2n) is 6.44.